The number of nitrogens with one attached hydrogen (secondary N) is 3. The lowest BCUT2D eigenvalue weighted by atomic mass is 10.2. The Morgan fingerprint density at radius 1 is 0.897 bits per heavy atom. The summed E-state index contributed by atoms with van der Waals surface area (Å²) in [4.78, 5) is 35.6. The molecule has 0 aliphatic heterocycles. The zero-order chi connectivity index (χ0) is 20.6. The van der Waals surface area contributed by atoms with E-state index in [0.29, 0.717) is 28.3 Å². The van der Waals surface area contributed by atoms with Gasteiger partial charge in [0, 0.05) is 22.5 Å². The second-order valence-corrected chi connectivity index (χ2v) is 6.19. The molecule has 0 fully saturated rings. The van der Waals surface area contributed by atoms with Gasteiger partial charge in [0.15, 0.2) is 0 Å². The molecule has 8 heteroatoms. The van der Waals surface area contributed by atoms with Crippen LogP contribution in [0.4, 0.5) is 11.4 Å². The minimum atomic E-state index is -0.568. The van der Waals surface area contributed by atoms with Crippen molar-refractivity contribution >= 4 is 29.1 Å². The third-order valence-electron chi connectivity index (χ3n) is 4.01. The lowest BCUT2D eigenvalue weighted by molar-refractivity contribution is -0.114. The highest BCUT2D eigenvalue weighted by Gasteiger charge is 2.09. The SMILES string of the molecule is NC(=O)c1cccc(NC(=O)CNc2cccc(C(=O)NCc3ccco3)c2)c1. The molecule has 1 aromatic heterocycles. The van der Waals surface area contributed by atoms with Crippen LogP contribution < -0.4 is 21.7 Å². The number of hydrogen-bond acceptors (Lipinski definition) is 5. The Hall–Kier alpha value is -4.07. The number of amides is 3. The van der Waals surface area contributed by atoms with Crippen molar-refractivity contribution in [3.05, 3.63) is 83.8 Å². The third kappa shape index (κ3) is 5.70. The van der Waals surface area contributed by atoms with Crippen LogP contribution in [0.25, 0.3) is 0 Å². The molecule has 1 heterocycles. The van der Waals surface area contributed by atoms with Crippen LogP contribution in [-0.2, 0) is 11.3 Å². The van der Waals surface area contributed by atoms with Gasteiger partial charge in [-0.2, -0.15) is 0 Å². The van der Waals surface area contributed by atoms with Gasteiger partial charge in [0.1, 0.15) is 5.76 Å². The van der Waals surface area contributed by atoms with Crippen molar-refractivity contribution in [3.8, 4) is 0 Å². The van der Waals surface area contributed by atoms with Crippen LogP contribution in [0.2, 0.25) is 0 Å². The number of furan rings is 1. The molecule has 0 atom stereocenters. The standard InChI is InChI=1S/C21H20N4O4/c22-20(27)14-4-1-7-17(10-14)25-19(26)13-23-16-6-2-5-15(11-16)21(28)24-12-18-8-3-9-29-18/h1-11,23H,12-13H2,(H2,22,27)(H,24,28)(H,25,26). The summed E-state index contributed by atoms with van der Waals surface area (Å²) in [5.41, 5.74) is 7.09. The lowest BCUT2D eigenvalue weighted by Gasteiger charge is -2.10. The Bertz CT molecular complexity index is 1020. The van der Waals surface area contributed by atoms with Crippen molar-refractivity contribution in [2.75, 3.05) is 17.2 Å². The molecule has 5 N–H and O–H groups in total. The second-order valence-electron chi connectivity index (χ2n) is 6.19. The van der Waals surface area contributed by atoms with Crippen molar-refractivity contribution in [3.63, 3.8) is 0 Å². The first-order chi connectivity index (χ1) is 14.0. The fraction of sp³-hybridized carbons (Fsp3) is 0.0952. The zero-order valence-corrected chi connectivity index (χ0v) is 15.5. The van der Waals surface area contributed by atoms with Crippen LogP contribution in [-0.4, -0.2) is 24.3 Å². The van der Waals surface area contributed by atoms with Crippen LogP contribution in [0, 0.1) is 0 Å². The number of carbonyl (C=O) groups is 3. The van der Waals surface area contributed by atoms with E-state index in [1.165, 1.54) is 6.07 Å². The highest BCUT2D eigenvalue weighted by molar-refractivity contribution is 5.98. The predicted octanol–water partition coefficient (Wildman–Crippen LogP) is 2.36. The first-order valence-electron chi connectivity index (χ1n) is 8.85. The van der Waals surface area contributed by atoms with E-state index in [1.54, 1.807) is 60.9 Å². The molecule has 3 rings (SSSR count). The molecule has 0 unspecified atom stereocenters. The molecule has 0 aliphatic rings. The van der Waals surface area contributed by atoms with E-state index in [2.05, 4.69) is 16.0 Å². The number of anilines is 2. The molecule has 0 saturated carbocycles. The summed E-state index contributed by atoms with van der Waals surface area (Å²) in [7, 11) is 0. The average molecular weight is 392 g/mol. The minimum absolute atomic E-state index is 0.0156. The van der Waals surface area contributed by atoms with Gasteiger partial charge in [-0.15, -0.1) is 0 Å². The Kier molecular flexibility index (Phi) is 6.26. The fourth-order valence-electron chi connectivity index (χ4n) is 2.59. The number of nitrogens with two attached hydrogens (primary N) is 1. The van der Waals surface area contributed by atoms with E-state index >= 15 is 0 Å². The van der Waals surface area contributed by atoms with E-state index in [1.807, 2.05) is 0 Å². The molecule has 0 spiro atoms. The van der Waals surface area contributed by atoms with Gasteiger partial charge in [-0.3, -0.25) is 14.4 Å². The van der Waals surface area contributed by atoms with E-state index in [4.69, 9.17) is 10.2 Å². The number of rotatable bonds is 8. The van der Waals surface area contributed by atoms with Gasteiger partial charge in [-0.25, -0.2) is 0 Å². The molecule has 0 saturated heterocycles. The number of hydrogen-bond donors (Lipinski definition) is 4. The van der Waals surface area contributed by atoms with Gasteiger partial charge in [0.25, 0.3) is 5.91 Å². The summed E-state index contributed by atoms with van der Waals surface area (Å²) >= 11 is 0. The van der Waals surface area contributed by atoms with Crippen LogP contribution >= 0.6 is 0 Å². The van der Waals surface area contributed by atoms with Gasteiger partial charge < -0.3 is 26.1 Å². The quantitative estimate of drug-likeness (QED) is 0.468. The summed E-state index contributed by atoms with van der Waals surface area (Å²) < 4.78 is 5.18. The molecule has 3 aromatic rings. The molecule has 0 radical (unpaired) electrons. The molecular formula is C21H20N4O4. The Morgan fingerprint density at radius 2 is 1.62 bits per heavy atom. The molecule has 148 valence electrons. The Balaban J connectivity index is 1.53. The molecule has 29 heavy (non-hydrogen) atoms. The Labute approximate surface area is 167 Å². The van der Waals surface area contributed by atoms with Crippen molar-refractivity contribution in [2.45, 2.75) is 6.54 Å². The van der Waals surface area contributed by atoms with Gasteiger partial charge in [-0.05, 0) is 48.5 Å². The second kappa shape index (κ2) is 9.23. The summed E-state index contributed by atoms with van der Waals surface area (Å²) in [6.07, 6.45) is 1.54. The molecule has 8 nitrogen and oxygen atoms in total. The van der Waals surface area contributed by atoms with E-state index < -0.39 is 5.91 Å². The van der Waals surface area contributed by atoms with Crippen molar-refractivity contribution in [1.29, 1.82) is 0 Å². The van der Waals surface area contributed by atoms with Gasteiger partial charge in [0.2, 0.25) is 11.8 Å². The van der Waals surface area contributed by atoms with Gasteiger partial charge >= 0.3 is 0 Å². The molecule has 0 bridgehead atoms. The van der Waals surface area contributed by atoms with E-state index in [-0.39, 0.29) is 24.9 Å². The zero-order valence-electron chi connectivity index (χ0n) is 15.5. The first kappa shape index (κ1) is 19.7. The maximum absolute atomic E-state index is 12.3. The minimum Gasteiger partial charge on any atom is -0.467 e. The smallest absolute Gasteiger partial charge is 0.251 e. The van der Waals surface area contributed by atoms with Crippen LogP contribution in [0.5, 0.6) is 0 Å². The molecular weight excluding hydrogens is 372 g/mol. The predicted molar refractivity (Wildman–Crippen MR) is 108 cm³/mol. The van der Waals surface area contributed by atoms with Crippen molar-refractivity contribution in [1.82, 2.24) is 5.32 Å². The normalized spacial score (nSPS) is 10.2. The number of carbonyl (C=O) groups excluding carboxylic acids is 3. The monoisotopic (exact) mass is 392 g/mol. The average Bonchev–Trinajstić information content (AvgIpc) is 3.24. The lowest BCUT2D eigenvalue weighted by Crippen LogP contribution is -2.24. The summed E-state index contributed by atoms with van der Waals surface area (Å²) in [5, 5.41) is 8.41. The summed E-state index contributed by atoms with van der Waals surface area (Å²) in [6.45, 7) is 0.272. The van der Waals surface area contributed by atoms with E-state index in [9.17, 15) is 14.4 Å². The fourth-order valence-corrected chi connectivity index (χ4v) is 2.59. The van der Waals surface area contributed by atoms with Crippen LogP contribution in [0.3, 0.4) is 0 Å². The topological polar surface area (TPSA) is 126 Å². The van der Waals surface area contributed by atoms with Gasteiger partial charge in [-0.1, -0.05) is 12.1 Å². The van der Waals surface area contributed by atoms with Crippen LogP contribution in [0.1, 0.15) is 26.5 Å². The van der Waals surface area contributed by atoms with Crippen molar-refractivity contribution < 1.29 is 18.8 Å². The molecule has 2 aromatic carbocycles. The maximum Gasteiger partial charge on any atom is 0.251 e. The van der Waals surface area contributed by atoms with Crippen molar-refractivity contribution in [2.24, 2.45) is 5.73 Å². The first-order valence-corrected chi connectivity index (χ1v) is 8.85. The summed E-state index contributed by atoms with van der Waals surface area (Å²) in [6, 6.07) is 16.7. The largest absolute Gasteiger partial charge is 0.467 e. The van der Waals surface area contributed by atoms with Gasteiger partial charge in [0.05, 0.1) is 19.4 Å². The number of primary amides is 1. The molecule has 0 aliphatic carbocycles. The highest BCUT2D eigenvalue weighted by atomic mass is 16.3. The van der Waals surface area contributed by atoms with E-state index in [0.717, 1.165) is 0 Å². The Morgan fingerprint density at radius 3 is 2.34 bits per heavy atom. The molecule has 3 amide bonds. The summed E-state index contributed by atoms with van der Waals surface area (Å²) in [5.74, 6) is -0.469. The number of benzene rings is 2. The van der Waals surface area contributed by atoms with Crippen LogP contribution in [0.15, 0.2) is 71.3 Å². The highest BCUT2D eigenvalue weighted by Crippen LogP contribution is 2.12. The third-order valence-corrected chi connectivity index (χ3v) is 4.01. The maximum atomic E-state index is 12.3.